The highest BCUT2D eigenvalue weighted by atomic mass is 35.5. The molecule has 0 saturated carbocycles. The molecule has 0 spiro atoms. The Morgan fingerprint density at radius 2 is 2.43 bits per heavy atom. The number of amides is 2. The van der Waals surface area contributed by atoms with E-state index < -0.39 is 6.03 Å². The maximum Gasteiger partial charge on any atom is 0.332 e. The van der Waals surface area contributed by atoms with Crippen molar-refractivity contribution in [2.24, 2.45) is 10.8 Å². The Balaban J connectivity index is 2.73. The van der Waals surface area contributed by atoms with Crippen LogP contribution in [0.5, 0.6) is 0 Å². The number of aryl methyl sites for hydroxylation is 1. The summed E-state index contributed by atoms with van der Waals surface area (Å²) in [5.41, 5.74) is 8.17. The van der Waals surface area contributed by atoms with Crippen molar-refractivity contribution in [2.45, 2.75) is 6.92 Å². The van der Waals surface area contributed by atoms with Crippen molar-refractivity contribution >= 4 is 23.8 Å². The van der Waals surface area contributed by atoms with Crippen molar-refractivity contribution in [3.05, 3.63) is 28.5 Å². The molecule has 6 heteroatoms. The predicted molar refractivity (Wildman–Crippen MR) is 54.3 cm³/mol. The second-order valence-electron chi connectivity index (χ2n) is 2.54. The summed E-state index contributed by atoms with van der Waals surface area (Å²) in [6, 6.07) is 2.67. The van der Waals surface area contributed by atoms with Crippen LogP contribution in [0, 0.1) is 6.92 Å². The van der Waals surface area contributed by atoms with Gasteiger partial charge in [0.2, 0.25) is 0 Å². The van der Waals surface area contributed by atoms with Crippen LogP contribution in [0.15, 0.2) is 17.2 Å². The Hall–Kier alpha value is -1.62. The van der Waals surface area contributed by atoms with Crippen LogP contribution in [0.25, 0.3) is 0 Å². The van der Waals surface area contributed by atoms with E-state index >= 15 is 0 Å². The Bertz CT molecular complexity index is 378. The number of rotatable bonds is 2. The molecule has 0 fully saturated rings. The third kappa shape index (κ3) is 3.02. The van der Waals surface area contributed by atoms with Gasteiger partial charge < -0.3 is 5.73 Å². The topological polar surface area (TPSA) is 80.4 Å². The summed E-state index contributed by atoms with van der Waals surface area (Å²) in [5.74, 6) is 0. The smallest absolute Gasteiger partial charge is 0.332 e. The number of aromatic nitrogens is 1. The van der Waals surface area contributed by atoms with Crippen LogP contribution < -0.4 is 11.2 Å². The minimum Gasteiger partial charge on any atom is -0.350 e. The fourth-order valence-corrected chi connectivity index (χ4v) is 0.903. The number of pyridine rings is 1. The highest BCUT2D eigenvalue weighted by molar-refractivity contribution is 6.31. The zero-order valence-corrected chi connectivity index (χ0v) is 8.25. The first-order valence-corrected chi connectivity index (χ1v) is 4.19. The van der Waals surface area contributed by atoms with Gasteiger partial charge in [-0.1, -0.05) is 11.6 Å². The Morgan fingerprint density at radius 3 is 3.00 bits per heavy atom. The number of nitrogens with two attached hydrogens (primary N) is 1. The molecule has 0 aliphatic heterocycles. The Morgan fingerprint density at radius 1 is 1.71 bits per heavy atom. The first-order valence-electron chi connectivity index (χ1n) is 3.81. The van der Waals surface area contributed by atoms with E-state index in [4.69, 9.17) is 17.3 Å². The van der Waals surface area contributed by atoms with Gasteiger partial charge in [0.05, 0.1) is 22.6 Å². The van der Waals surface area contributed by atoms with Crippen LogP contribution in [-0.2, 0) is 0 Å². The van der Waals surface area contributed by atoms with Crippen molar-refractivity contribution in [1.82, 2.24) is 10.4 Å². The zero-order chi connectivity index (χ0) is 10.6. The molecule has 14 heavy (non-hydrogen) atoms. The van der Waals surface area contributed by atoms with E-state index in [0.29, 0.717) is 16.4 Å². The number of hydrogen-bond donors (Lipinski definition) is 2. The van der Waals surface area contributed by atoms with Gasteiger partial charge in [0.1, 0.15) is 0 Å². The fourth-order valence-electron chi connectivity index (χ4n) is 0.797. The number of nitrogens with zero attached hydrogens (tertiary/aromatic N) is 2. The van der Waals surface area contributed by atoms with Gasteiger partial charge in [-0.05, 0) is 19.1 Å². The standard InChI is InChI=1S/C8H9ClN4O/c1-5-7(9)3-2-6(12-5)4-11-13-8(10)14/h2-4H,1H3,(H3,10,13,14). The maximum absolute atomic E-state index is 10.3. The summed E-state index contributed by atoms with van der Waals surface area (Å²) in [5, 5.41) is 4.14. The van der Waals surface area contributed by atoms with Gasteiger partial charge in [-0.3, -0.25) is 4.98 Å². The first-order chi connectivity index (χ1) is 6.59. The lowest BCUT2D eigenvalue weighted by Gasteiger charge is -1.97. The number of carbonyl (C=O) groups excluding carboxylic acids is 1. The van der Waals surface area contributed by atoms with E-state index in [1.807, 2.05) is 0 Å². The lowest BCUT2D eigenvalue weighted by molar-refractivity contribution is 0.249. The van der Waals surface area contributed by atoms with Crippen molar-refractivity contribution in [2.75, 3.05) is 0 Å². The van der Waals surface area contributed by atoms with Crippen LogP contribution in [0.4, 0.5) is 4.79 Å². The van der Waals surface area contributed by atoms with Gasteiger partial charge in [-0.2, -0.15) is 5.10 Å². The summed E-state index contributed by atoms with van der Waals surface area (Å²) < 4.78 is 0. The van der Waals surface area contributed by atoms with Crippen molar-refractivity contribution in [1.29, 1.82) is 0 Å². The summed E-state index contributed by atoms with van der Waals surface area (Å²) in [6.45, 7) is 1.78. The SMILES string of the molecule is Cc1nc(C=NNC(N)=O)ccc1Cl. The number of hydrazone groups is 1. The average molecular weight is 213 g/mol. The molecule has 0 saturated heterocycles. The minimum absolute atomic E-state index is 0.588. The number of halogens is 1. The molecule has 5 nitrogen and oxygen atoms in total. The number of nitrogens with one attached hydrogen (secondary N) is 1. The van der Waals surface area contributed by atoms with Crippen LogP contribution in [0.3, 0.4) is 0 Å². The third-order valence-corrected chi connectivity index (χ3v) is 1.81. The summed E-state index contributed by atoms with van der Waals surface area (Å²) in [7, 11) is 0. The number of urea groups is 1. The molecule has 1 aromatic rings. The lowest BCUT2D eigenvalue weighted by Crippen LogP contribution is -2.24. The number of primary amides is 1. The van der Waals surface area contributed by atoms with Gasteiger partial charge in [0.15, 0.2) is 0 Å². The van der Waals surface area contributed by atoms with E-state index in [1.165, 1.54) is 6.21 Å². The fraction of sp³-hybridized carbons (Fsp3) is 0.125. The molecule has 0 aliphatic rings. The van der Waals surface area contributed by atoms with Gasteiger partial charge in [0.25, 0.3) is 0 Å². The molecule has 0 radical (unpaired) electrons. The second-order valence-corrected chi connectivity index (χ2v) is 2.94. The van der Waals surface area contributed by atoms with Crippen LogP contribution in [-0.4, -0.2) is 17.2 Å². The summed E-state index contributed by atoms with van der Waals surface area (Å²) >= 11 is 5.77. The third-order valence-electron chi connectivity index (χ3n) is 1.41. The Labute approximate surface area is 86.0 Å². The molecule has 0 atom stereocenters. The van der Waals surface area contributed by atoms with Gasteiger partial charge in [-0.15, -0.1) is 0 Å². The van der Waals surface area contributed by atoms with E-state index in [2.05, 4.69) is 15.5 Å². The summed E-state index contributed by atoms with van der Waals surface area (Å²) in [4.78, 5) is 14.4. The molecule has 3 N–H and O–H groups in total. The number of hydrogen-bond acceptors (Lipinski definition) is 3. The largest absolute Gasteiger partial charge is 0.350 e. The van der Waals surface area contributed by atoms with Gasteiger partial charge in [-0.25, -0.2) is 10.2 Å². The van der Waals surface area contributed by atoms with E-state index in [0.717, 1.165) is 0 Å². The van der Waals surface area contributed by atoms with Gasteiger partial charge >= 0.3 is 6.03 Å². The summed E-state index contributed by atoms with van der Waals surface area (Å²) in [6.07, 6.45) is 1.38. The molecular weight excluding hydrogens is 204 g/mol. The van der Waals surface area contributed by atoms with Crippen LogP contribution in [0.1, 0.15) is 11.4 Å². The molecule has 0 aliphatic carbocycles. The monoisotopic (exact) mass is 212 g/mol. The zero-order valence-electron chi connectivity index (χ0n) is 7.49. The molecule has 74 valence electrons. The molecule has 1 heterocycles. The molecule has 0 unspecified atom stereocenters. The van der Waals surface area contributed by atoms with Crippen LogP contribution >= 0.6 is 11.6 Å². The molecule has 1 aromatic heterocycles. The Kier molecular flexibility index (Phi) is 3.41. The molecule has 0 aromatic carbocycles. The second kappa shape index (κ2) is 4.57. The predicted octanol–water partition coefficient (Wildman–Crippen LogP) is 1.05. The maximum atomic E-state index is 10.3. The highest BCUT2D eigenvalue weighted by Crippen LogP contribution is 2.11. The van der Waals surface area contributed by atoms with Crippen LogP contribution in [0.2, 0.25) is 5.02 Å². The molecule has 1 rings (SSSR count). The lowest BCUT2D eigenvalue weighted by atomic mass is 10.3. The number of carbonyl (C=O) groups is 1. The average Bonchev–Trinajstić information content (AvgIpc) is 2.10. The first kappa shape index (κ1) is 10.5. The molecule has 0 bridgehead atoms. The van der Waals surface area contributed by atoms with Crippen molar-refractivity contribution in [3.8, 4) is 0 Å². The van der Waals surface area contributed by atoms with E-state index in [9.17, 15) is 4.79 Å². The minimum atomic E-state index is -0.716. The molecule has 2 amide bonds. The van der Waals surface area contributed by atoms with E-state index in [1.54, 1.807) is 19.1 Å². The van der Waals surface area contributed by atoms with Crippen molar-refractivity contribution in [3.63, 3.8) is 0 Å². The normalized spacial score (nSPS) is 10.4. The van der Waals surface area contributed by atoms with Crippen molar-refractivity contribution < 1.29 is 4.79 Å². The quantitative estimate of drug-likeness (QED) is 0.568. The molecular formula is C8H9ClN4O. The highest BCUT2D eigenvalue weighted by Gasteiger charge is 1.96. The van der Waals surface area contributed by atoms with E-state index in [-0.39, 0.29) is 0 Å². The van der Waals surface area contributed by atoms with Gasteiger partial charge in [0, 0.05) is 0 Å².